The lowest BCUT2D eigenvalue weighted by atomic mass is 9.77. The fourth-order valence-electron chi connectivity index (χ4n) is 3.67. The second-order valence-electron chi connectivity index (χ2n) is 8.08. The number of anilines is 2. The van der Waals surface area contributed by atoms with Crippen LogP contribution in [0.2, 0.25) is 0 Å². The number of nitrogen functional groups attached to an aromatic ring is 2. The molecule has 0 amide bonds. The number of hydrogen-bond acceptors (Lipinski definition) is 4. The SMILES string of the molecule is CC(C)(c1ccccc1Oc1ccc(N)cc1)c1ccccc1Oc1ccc(N)cc1F. The fourth-order valence-corrected chi connectivity index (χ4v) is 3.67. The summed E-state index contributed by atoms with van der Waals surface area (Å²) < 4.78 is 26.6. The van der Waals surface area contributed by atoms with E-state index in [1.165, 1.54) is 12.1 Å². The highest BCUT2D eigenvalue weighted by Gasteiger charge is 2.30. The Bertz CT molecular complexity index is 1240. The third kappa shape index (κ3) is 4.37. The van der Waals surface area contributed by atoms with Crippen molar-refractivity contribution in [2.75, 3.05) is 11.5 Å². The van der Waals surface area contributed by atoms with Gasteiger partial charge in [0.15, 0.2) is 11.6 Å². The first-order valence-electron chi connectivity index (χ1n) is 10.3. The van der Waals surface area contributed by atoms with Crippen molar-refractivity contribution in [3.63, 3.8) is 0 Å². The Morgan fingerprint density at radius 3 is 1.75 bits per heavy atom. The highest BCUT2D eigenvalue weighted by Crippen LogP contribution is 2.43. The first-order valence-corrected chi connectivity index (χ1v) is 10.3. The molecule has 4 aromatic rings. The van der Waals surface area contributed by atoms with Gasteiger partial charge in [-0.25, -0.2) is 4.39 Å². The van der Waals surface area contributed by atoms with Crippen molar-refractivity contribution >= 4 is 11.4 Å². The molecule has 5 heteroatoms. The van der Waals surface area contributed by atoms with Crippen LogP contribution in [0.4, 0.5) is 15.8 Å². The van der Waals surface area contributed by atoms with Gasteiger partial charge in [-0.15, -0.1) is 0 Å². The predicted octanol–water partition coefficient (Wildman–Crippen LogP) is 6.90. The molecule has 0 bridgehead atoms. The van der Waals surface area contributed by atoms with E-state index in [1.807, 2.05) is 60.7 Å². The normalized spacial score (nSPS) is 11.2. The summed E-state index contributed by atoms with van der Waals surface area (Å²) in [4.78, 5) is 0. The van der Waals surface area contributed by atoms with Gasteiger partial charge >= 0.3 is 0 Å². The first-order chi connectivity index (χ1) is 15.3. The molecule has 4 N–H and O–H groups in total. The first kappa shape index (κ1) is 21.2. The molecule has 162 valence electrons. The van der Waals surface area contributed by atoms with Crippen molar-refractivity contribution in [3.05, 3.63) is 108 Å². The average molecular weight is 429 g/mol. The van der Waals surface area contributed by atoms with Crippen LogP contribution in [0.3, 0.4) is 0 Å². The molecule has 4 nitrogen and oxygen atoms in total. The molecule has 0 aliphatic rings. The van der Waals surface area contributed by atoms with Crippen molar-refractivity contribution in [2.45, 2.75) is 19.3 Å². The number of nitrogens with two attached hydrogens (primary N) is 2. The molecule has 0 radical (unpaired) electrons. The smallest absolute Gasteiger partial charge is 0.167 e. The minimum absolute atomic E-state index is 0.119. The quantitative estimate of drug-likeness (QED) is 0.328. The van der Waals surface area contributed by atoms with Crippen molar-refractivity contribution in [3.8, 4) is 23.0 Å². The Kier molecular flexibility index (Phi) is 5.73. The Morgan fingerprint density at radius 1 is 0.625 bits per heavy atom. The topological polar surface area (TPSA) is 70.5 Å². The number of halogens is 1. The van der Waals surface area contributed by atoms with Gasteiger partial charge in [0.05, 0.1) is 0 Å². The third-order valence-corrected chi connectivity index (χ3v) is 5.40. The minimum Gasteiger partial charge on any atom is -0.457 e. The molecule has 0 heterocycles. The highest BCUT2D eigenvalue weighted by molar-refractivity contribution is 5.53. The van der Waals surface area contributed by atoms with E-state index in [0.29, 0.717) is 22.9 Å². The lowest BCUT2D eigenvalue weighted by Crippen LogP contribution is -2.20. The maximum absolute atomic E-state index is 14.4. The maximum Gasteiger partial charge on any atom is 0.167 e. The summed E-state index contributed by atoms with van der Waals surface area (Å²) in [6, 6.07) is 27.1. The van der Waals surface area contributed by atoms with E-state index in [-0.39, 0.29) is 5.75 Å². The van der Waals surface area contributed by atoms with Crippen molar-refractivity contribution in [1.82, 2.24) is 0 Å². The van der Waals surface area contributed by atoms with Crippen molar-refractivity contribution < 1.29 is 13.9 Å². The van der Waals surface area contributed by atoms with Gasteiger partial charge in [-0.3, -0.25) is 0 Å². The van der Waals surface area contributed by atoms with Crippen LogP contribution in [0, 0.1) is 5.82 Å². The number of para-hydroxylation sites is 2. The molecule has 0 aliphatic carbocycles. The van der Waals surface area contributed by atoms with Crippen molar-refractivity contribution in [1.29, 1.82) is 0 Å². The van der Waals surface area contributed by atoms with Crippen LogP contribution in [0.5, 0.6) is 23.0 Å². The lowest BCUT2D eigenvalue weighted by Gasteiger charge is -2.30. The van der Waals surface area contributed by atoms with E-state index in [9.17, 15) is 4.39 Å². The molecule has 4 rings (SSSR count). The van der Waals surface area contributed by atoms with Crippen LogP contribution in [-0.4, -0.2) is 0 Å². The average Bonchev–Trinajstić information content (AvgIpc) is 2.78. The van der Waals surface area contributed by atoms with E-state index in [0.717, 1.165) is 16.9 Å². The molecule has 0 aliphatic heterocycles. The zero-order valence-corrected chi connectivity index (χ0v) is 18.0. The second kappa shape index (κ2) is 8.63. The summed E-state index contributed by atoms with van der Waals surface area (Å²) in [5.74, 6) is 1.58. The summed E-state index contributed by atoms with van der Waals surface area (Å²) in [7, 11) is 0. The van der Waals surface area contributed by atoms with Crippen LogP contribution in [0.15, 0.2) is 91.0 Å². The summed E-state index contributed by atoms with van der Waals surface area (Å²) in [6.07, 6.45) is 0. The Morgan fingerprint density at radius 2 is 1.16 bits per heavy atom. The number of ether oxygens (including phenoxy) is 2. The third-order valence-electron chi connectivity index (χ3n) is 5.40. The number of benzene rings is 4. The zero-order valence-electron chi connectivity index (χ0n) is 18.0. The predicted molar refractivity (Wildman–Crippen MR) is 127 cm³/mol. The lowest BCUT2D eigenvalue weighted by molar-refractivity contribution is 0.424. The van der Waals surface area contributed by atoms with Crippen LogP contribution in [0.25, 0.3) is 0 Å². The monoisotopic (exact) mass is 428 g/mol. The highest BCUT2D eigenvalue weighted by atomic mass is 19.1. The van der Waals surface area contributed by atoms with Gasteiger partial charge in [-0.1, -0.05) is 50.2 Å². The van der Waals surface area contributed by atoms with E-state index >= 15 is 0 Å². The number of rotatable bonds is 6. The van der Waals surface area contributed by atoms with Gasteiger partial charge in [0.25, 0.3) is 0 Å². The molecular formula is C27H25FN2O2. The second-order valence-corrected chi connectivity index (χ2v) is 8.08. The largest absolute Gasteiger partial charge is 0.457 e. The summed E-state index contributed by atoms with van der Waals surface area (Å²) in [5.41, 5.74) is 13.8. The van der Waals surface area contributed by atoms with E-state index < -0.39 is 11.2 Å². The van der Waals surface area contributed by atoms with E-state index in [4.69, 9.17) is 20.9 Å². The molecule has 0 aromatic heterocycles. The Balaban J connectivity index is 1.72. The zero-order chi connectivity index (χ0) is 22.7. The maximum atomic E-state index is 14.4. The van der Waals surface area contributed by atoms with Gasteiger partial charge in [-0.05, 0) is 48.5 Å². The van der Waals surface area contributed by atoms with Crippen LogP contribution in [-0.2, 0) is 5.41 Å². The van der Waals surface area contributed by atoms with Crippen LogP contribution < -0.4 is 20.9 Å². The molecule has 0 atom stereocenters. The molecule has 0 spiro atoms. The minimum atomic E-state index is -0.510. The molecule has 0 saturated heterocycles. The van der Waals surface area contributed by atoms with E-state index in [2.05, 4.69) is 13.8 Å². The summed E-state index contributed by atoms with van der Waals surface area (Å²) in [6.45, 7) is 4.17. The standard InChI is InChI=1S/C27H25FN2O2/c1-27(2,21-7-3-5-9-24(21)31-20-14-11-18(29)12-15-20)22-8-4-6-10-25(22)32-26-16-13-19(30)17-23(26)28/h3-17H,29-30H2,1-2H3. The van der Waals surface area contributed by atoms with E-state index in [1.54, 1.807) is 18.2 Å². The molecule has 4 aromatic carbocycles. The summed E-state index contributed by atoms with van der Waals surface area (Å²) in [5, 5.41) is 0. The molecule has 32 heavy (non-hydrogen) atoms. The molecule has 0 unspecified atom stereocenters. The van der Waals surface area contributed by atoms with Gasteiger partial charge in [-0.2, -0.15) is 0 Å². The fraction of sp³-hybridized carbons (Fsp3) is 0.111. The molecular weight excluding hydrogens is 403 g/mol. The van der Waals surface area contributed by atoms with Gasteiger partial charge in [0.1, 0.15) is 17.2 Å². The molecule has 0 saturated carbocycles. The number of hydrogen-bond donors (Lipinski definition) is 2. The van der Waals surface area contributed by atoms with Crippen LogP contribution in [0.1, 0.15) is 25.0 Å². The summed E-state index contributed by atoms with van der Waals surface area (Å²) >= 11 is 0. The molecule has 0 fully saturated rings. The van der Waals surface area contributed by atoms with Gasteiger partial charge < -0.3 is 20.9 Å². The Labute approximate surface area is 187 Å². The van der Waals surface area contributed by atoms with Crippen molar-refractivity contribution in [2.24, 2.45) is 0 Å². The van der Waals surface area contributed by atoms with Gasteiger partial charge in [0, 0.05) is 34.0 Å². The van der Waals surface area contributed by atoms with Crippen LogP contribution >= 0.6 is 0 Å². The Hall–Kier alpha value is -3.99. The van der Waals surface area contributed by atoms with Gasteiger partial charge in [0.2, 0.25) is 0 Å².